The van der Waals surface area contributed by atoms with Crippen LogP contribution in [0.2, 0.25) is 0 Å². The van der Waals surface area contributed by atoms with Crippen molar-refractivity contribution in [3.05, 3.63) is 29.8 Å². The lowest BCUT2D eigenvalue weighted by molar-refractivity contribution is -0.119. The Morgan fingerprint density at radius 3 is 2.83 bits per heavy atom. The van der Waals surface area contributed by atoms with E-state index in [1.165, 1.54) is 12.1 Å². The topological polar surface area (TPSA) is 75.3 Å². The third-order valence-corrected chi connectivity index (χ3v) is 4.49. The SMILES string of the molecule is O=C1CC(NS(=O)(=O)c2cccc(CCl)c2)CN1. The van der Waals surface area contributed by atoms with Crippen LogP contribution in [0.15, 0.2) is 29.2 Å². The van der Waals surface area contributed by atoms with Crippen LogP contribution in [0.5, 0.6) is 0 Å². The maximum absolute atomic E-state index is 12.1. The van der Waals surface area contributed by atoms with Gasteiger partial charge in [0, 0.05) is 24.9 Å². The second-order valence-corrected chi connectivity index (χ2v) is 6.09. The monoisotopic (exact) mass is 288 g/mol. The molecule has 1 unspecified atom stereocenters. The summed E-state index contributed by atoms with van der Waals surface area (Å²) in [6.45, 7) is 0.327. The third kappa shape index (κ3) is 3.01. The van der Waals surface area contributed by atoms with E-state index in [-0.39, 0.29) is 29.1 Å². The van der Waals surface area contributed by atoms with Gasteiger partial charge in [0.05, 0.1) is 4.90 Å². The Bertz CT molecular complexity index is 559. The predicted molar refractivity (Wildman–Crippen MR) is 67.7 cm³/mol. The zero-order valence-corrected chi connectivity index (χ0v) is 11.1. The molecule has 1 aromatic carbocycles. The molecule has 1 atom stereocenters. The van der Waals surface area contributed by atoms with Gasteiger partial charge < -0.3 is 5.32 Å². The van der Waals surface area contributed by atoms with Crippen LogP contribution in [0, 0.1) is 0 Å². The largest absolute Gasteiger partial charge is 0.354 e. The number of hydrogen-bond acceptors (Lipinski definition) is 3. The zero-order chi connectivity index (χ0) is 13.2. The van der Waals surface area contributed by atoms with Gasteiger partial charge in [0.15, 0.2) is 0 Å². The Morgan fingerprint density at radius 1 is 1.44 bits per heavy atom. The molecular formula is C11H13ClN2O3S. The van der Waals surface area contributed by atoms with Crippen molar-refractivity contribution in [3.8, 4) is 0 Å². The van der Waals surface area contributed by atoms with E-state index >= 15 is 0 Å². The molecule has 2 N–H and O–H groups in total. The molecule has 98 valence electrons. The van der Waals surface area contributed by atoms with E-state index in [2.05, 4.69) is 10.0 Å². The summed E-state index contributed by atoms with van der Waals surface area (Å²) in [5.74, 6) is 0.115. The molecule has 0 saturated carbocycles. The van der Waals surface area contributed by atoms with Crippen molar-refractivity contribution in [1.29, 1.82) is 0 Å². The summed E-state index contributed by atoms with van der Waals surface area (Å²) in [6.07, 6.45) is 0.175. The van der Waals surface area contributed by atoms with Gasteiger partial charge in [0.2, 0.25) is 15.9 Å². The maximum atomic E-state index is 12.1. The molecule has 18 heavy (non-hydrogen) atoms. The first kappa shape index (κ1) is 13.3. The van der Waals surface area contributed by atoms with E-state index in [1.807, 2.05) is 0 Å². The summed E-state index contributed by atoms with van der Waals surface area (Å²) in [7, 11) is -3.60. The molecule has 7 heteroatoms. The molecule has 2 rings (SSSR count). The number of alkyl halides is 1. The number of carbonyl (C=O) groups is 1. The second kappa shape index (κ2) is 5.26. The van der Waals surface area contributed by atoms with Crippen molar-refractivity contribution in [3.63, 3.8) is 0 Å². The highest BCUT2D eigenvalue weighted by molar-refractivity contribution is 7.89. The minimum absolute atomic E-state index is 0.141. The van der Waals surface area contributed by atoms with Crippen LogP contribution in [0.3, 0.4) is 0 Å². The van der Waals surface area contributed by atoms with Crippen LogP contribution in [0.25, 0.3) is 0 Å². The third-order valence-electron chi connectivity index (χ3n) is 2.66. The minimum Gasteiger partial charge on any atom is -0.354 e. The van der Waals surface area contributed by atoms with E-state index in [4.69, 9.17) is 11.6 Å². The average Bonchev–Trinajstić information content (AvgIpc) is 2.74. The number of nitrogens with one attached hydrogen (secondary N) is 2. The summed E-state index contributed by atoms with van der Waals surface area (Å²) in [5, 5.41) is 2.58. The molecule has 5 nitrogen and oxygen atoms in total. The fraction of sp³-hybridized carbons (Fsp3) is 0.364. The van der Waals surface area contributed by atoms with Gasteiger partial charge in [-0.25, -0.2) is 13.1 Å². The first-order valence-corrected chi connectivity index (χ1v) is 7.47. The first-order valence-electron chi connectivity index (χ1n) is 5.45. The molecule has 0 spiro atoms. The highest BCUT2D eigenvalue weighted by Crippen LogP contribution is 2.14. The van der Waals surface area contributed by atoms with Gasteiger partial charge in [-0.05, 0) is 17.7 Å². The van der Waals surface area contributed by atoms with Crippen LogP contribution in [-0.4, -0.2) is 26.9 Å². The summed E-state index contributed by atoms with van der Waals surface area (Å²) >= 11 is 5.67. The molecule has 1 aliphatic rings. The van der Waals surface area contributed by atoms with Crippen molar-refractivity contribution >= 4 is 27.5 Å². The number of halogens is 1. The molecule has 0 radical (unpaired) electrons. The van der Waals surface area contributed by atoms with E-state index in [1.54, 1.807) is 12.1 Å². The maximum Gasteiger partial charge on any atom is 0.240 e. The molecule has 1 saturated heterocycles. The number of rotatable bonds is 4. The van der Waals surface area contributed by atoms with E-state index in [9.17, 15) is 13.2 Å². The number of benzene rings is 1. The van der Waals surface area contributed by atoms with Gasteiger partial charge in [-0.2, -0.15) is 0 Å². The number of carbonyl (C=O) groups excluding carboxylic acids is 1. The van der Waals surface area contributed by atoms with Crippen LogP contribution in [0.1, 0.15) is 12.0 Å². The van der Waals surface area contributed by atoms with Gasteiger partial charge >= 0.3 is 0 Å². The average molecular weight is 289 g/mol. The lowest BCUT2D eigenvalue weighted by atomic mass is 10.2. The van der Waals surface area contributed by atoms with Crippen molar-refractivity contribution in [2.45, 2.75) is 23.2 Å². The Morgan fingerprint density at radius 2 is 2.22 bits per heavy atom. The van der Waals surface area contributed by atoms with Gasteiger partial charge in [-0.1, -0.05) is 12.1 Å². The summed E-state index contributed by atoms with van der Waals surface area (Å²) in [6, 6.07) is 6.04. The van der Waals surface area contributed by atoms with Crippen molar-refractivity contribution in [1.82, 2.24) is 10.0 Å². The molecule has 0 aliphatic carbocycles. The van der Waals surface area contributed by atoms with Crippen molar-refractivity contribution < 1.29 is 13.2 Å². The fourth-order valence-electron chi connectivity index (χ4n) is 1.77. The van der Waals surface area contributed by atoms with E-state index in [0.29, 0.717) is 6.54 Å². The zero-order valence-electron chi connectivity index (χ0n) is 9.52. The van der Waals surface area contributed by atoms with Crippen LogP contribution < -0.4 is 10.0 Å². The molecule has 1 heterocycles. The number of hydrogen-bond donors (Lipinski definition) is 2. The van der Waals surface area contributed by atoms with Crippen LogP contribution in [0.4, 0.5) is 0 Å². The molecule has 1 amide bonds. The smallest absolute Gasteiger partial charge is 0.240 e. The summed E-state index contributed by atoms with van der Waals surface area (Å²) in [4.78, 5) is 11.2. The Kier molecular flexibility index (Phi) is 3.89. The van der Waals surface area contributed by atoms with Gasteiger partial charge in [-0.3, -0.25) is 4.79 Å². The minimum atomic E-state index is -3.60. The molecule has 0 bridgehead atoms. The Hall–Kier alpha value is -1.11. The van der Waals surface area contributed by atoms with Crippen LogP contribution in [-0.2, 0) is 20.7 Å². The highest BCUT2D eigenvalue weighted by Gasteiger charge is 2.26. The summed E-state index contributed by atoms with van der Waals surface area (Å²) < 4.78 is 26.6. The Labute approximate surface area is 111 Å². The lowest BCUT2D eigenvalue weighted by Gasteiger charge is -2.11. The molecule has 0 aromatic heterocycles. The van der Waals surface area contributed by atoms with Crippen LogP contribution >= 0.6 is 11.6 Å². The number of sulfonamides is 1. The van der Waals surface area contributed by atoms with Crippen molar-refractivity contribution in [2.75, 3.05) is 6.54 Å². The molecular weight excluding hydrogens is 276 g/mol. The van der Waals surface area contributed by atoms with E-state index in [0.717, 1.165) is 5.56 Å². The first-order chi connectivity index (χ1) is 8.51. The Balaban J connectivity index is 2.17. The standard InChI is InChI=1S/C11H13ClN2O3S/c12-6-8-2-1-3-10(4-8)18(16,17)14-9-5-11(15)13-7-9/h1-4,9,14H,5-7H2,(H,13,15). The lowest BCUT2D eigenvalue weighted by Crippen LogP contribution is -2.36. The van der Waals surface area contributed by atoms with Gasteiger partial charge in [0.1, 0.15) is 0 Å². The normalized spacial score (nSPS) is 19.8. The van der Waals surface area contributed by atoms with Crippen molar-refractivity contribution in [2.24, 2.45) is 0 Å². The fourth-order valence-corrected chi connectivity index (χ4v) is 3.24. The van der Waals surface area contributed by atoms with E-state index < -0.39 is 10.0 Å². The molecule has 1 aliphatic heterocycles. The number of amides is 1. The molecule has 1 fully saturated rings. The predicted octanol–water partition coefficient (Wildman–Crippen LogP) is 0.592. The second-order valence-electron chi connectivity index (χ2n) is 4.11. The van der Waals surface area contributed by atoms with Gasteiger partial charge in [0.25, 0.3) is 0 Å². The van der Waals surface area contributed by atoms with Gasteiger partial charge in [-0.15, -0.1) is 11.6 Å². The molecule has 1 aromatic rings. The highest BCUT2D eigenvalue weighted by atomic mass is 35.5. The quantitative estimate of drug-likeness (QED) is 0.797. The summed E-state index contributed by atoms with van der Waals surface area (Å²) in [5.41, 5.74) is 0.736.